The second-order valence-corrected chi connectivity index (χ2v) is 6.30. The van der Waals surface area contributed by atoms with E-state index >= 15 is 0 Å². The Bertz CT molecular complexity index is 576. The van der Waals surface area contributed by atoms with E-state index in [4.69, 9.17) is 0 Å². The van der Waals surface area contributed by atoms with Crippen molar-refractivity contribution in [1.82, 2.24) is 9.80 Å². The highest BCUT2D eigenvalue weighted by Gasteiger charge is 2.43. The maximum Gasteiger partial charge on any atom is 0.255 e. The number of likely N-dealkylation sites (tertiary alicyclic amines) is 1. The summed E-state index contributed by atoms with van der Waals surface area (Å²) in [6, 6.07) is 10.4. The van der Waals surface area contributed by atoms with Crippen molar-refractivity contribution in [2.45, 2.75) is 44.8 Å². The van der Waals surface area contributed by atoms with E-state index < -0.39 is 0 Å². The van der Waals surface area contributed by atoms with Crippen LogP contribution in [0.5, 0.6) is 0 Å². The zero-order valence-electron chi connectivity index (χ0n) is 12.6. The molecular formula is C17H21N3O. The van der Waals surface area contributed by atoms with E-state index in [9.17, 15) is 10.1 Å². The molecule has 2 aliphatic rings. The van der Waals surface area contributed by atoms with Crippen molar-refractivity contribution < 1.29 is 4.79 Å². The first-order valence-electron chi connectivity index (χ1n) is 7.67. The minimum atomic E-state index is 0.0306. The second kappa shape index (κ2) is 5.50. The number of hydrogen-bond acceptors (Lipinski definition) is 3. The lowest BCUT2D eigenvalue weighted by Gasteiger charge is -2.42. The summed E-state index contributed by atoms with van der Waals surface area (Å²) in [5, 5.41) is 9.20. The van der Waals surface area contributed by atoms with Crippen LogP contribution in [0.4, 0.5) is 0 Å². The molecule has 3 rings (SSSR count). The van der Waals surface area contributed by atoms with Gasteiger partial charge < -0.3 is 4.90 Å². The molecule has 0 aromatic heterocycles. The van der Waals surface area contributed by atoms with E-state index in [1.165, 1.54) is 0 Å². The van der Waals surface area contributed by atoms with Crippen LogP contribution in [0.15, 0.2) is 24.3 Å². The molecule has 2 unspecified atom stereocenters. The highest BCUT2D eigenvalue weighted by atomic mass is 16.2. The molecule has 2 atom stereocenters. The lowest BCUT2D eigenvalue weighted by molar-refractivity contribution is 0.0349. The second-order valence-electron chi connectivity index (χ2n) is 6.30. The van der Waals surface area contributed by atoms with E-state index in [0.717, 1.165) is 25.9 Å². The van der Waals surface area contributed by atoms with E-state index in [1.54, 1.807) is 18.2 Å². The van der Waals surface area contributed by atoms with Crippen molar-refractivity contribution in [3.63, 3.8) is 0 Å². The minimum Gasteiger partial charge on any atom is -0.330 e. The van der Waals surface area contributed by atoms with Gasteiger partial charge in [0, 0.05) is 31.2 Å². The molecule has 4 heteroatoms. The van der Waals surface area contributed by atoms with Gasteiger partial charge in [-0.25, -0.2) is 0 Å². The van der Waals surface area contributed by atoms with Gasteiger partial charge in [-0.1, -0.05) is 12.1 Å². The monoisotopic (exact) mass is 283 g/mol. The topological polar surface area (TPSA) is 47.3 Å². The summed E-state index contributed by atoms with van der Waals surface area (Å²) in [5.41, 5.74) is 1.03. The molecule has 1 aromatic carbocycles. The van der Waals surface area contributed by atoms with Gasteiger partial charge in [0.25, 0.3) is 5.91 Å². The van der Waals surface area contributed by atoms with Crippen LogP contribution in [-0.2, 0) is 0 Å². The number of carbonyl (C=O) groups is 1. The first-order chi connectivity index (χ1) is 10.1. The van der Waals surface area contributed by atoms with Crippen molar-refractivity contribution in [2.75, 3.05) is 13.1 Å². The Balaban J connectivity index is 1.86. The number of rotatable bonds is 2. The number of hydrogen-bond donors (Lipinski definition) is 0. The number of piperazine rings is 1. The third-order valence-corrected chi connectivity index (χ3v) is 4.75. The Kier molecular flexibility index (Phi) is 3.69. The van der Waals surface area contributed by atoms with Crippen LogP contribution < -0.4 is 0 Å². The molecule has 2 bridgehead atoms. The van der Waals surface area contributed by atoms with E-state index in [-0.39, 0.29) is 5.91 Å². The zero-order chi connectivity index (χ0) is 15.0. The normalized spacial score (nSPS) is 25.1. The summed E-state index contributed by atoms with van der Waals surface area (Å²) in [6.07, 6.45) is 2.16. The van der Waals surface area contributed by atoms with Gasteiger partial charge in [0.2, 0.25) is 0 Å². The first-order valence-corrected chi connectivity index (χ1v) is 7.67. The van der Waals surface area contributed by atoms with E-state index in [2.05, 4.69) is 24.8 Å². The third-order valence-electron chi connectivity index (χ3n) is 4.75. The summed E-state index contributed by atoms with van der Waals surface area (Å²) in [6.45, 7) is 6.33. The Morgan fingerprint density at radius 3 is 2.43 bits per heavy atom. The highest BCUT2D eigenvalue weighted by molar-refractivity contribution is 5.97. The summed E-state index contributed by atoms with van der Waals surface area (Å²) < 4.78 is 0. The van der Waals surface area contributed by atoms with Crippen LogP contribution in [0.3, 0.4) is 0 Å². The van der Waals surface area contributed by atoms with Crippen LogP contribution in [0.25, 0.3) is 0 Å². The quantitative estimate of drug-likeness (QED) is 0.836. The zero-order valence-corrected chi connectivity index (χ0v) is 12.6. The molecule has 2 heterocycles. The van der Waals surface area contributed by atoms with Gasteiger partial charge in [-0.15, -0.1) is 0 Å². The molecule has 21 heavy (non-hydrogen) atoms. The van der Waals surface area contributed by atoms with Gasteiger partial charge in [0.15, 0.2) is 0 Å². The number of amides is 1. The fourth-order valence-corrected chi connectivity index (χ4v) is 3.59. The summed E-state index contributed by atoms with van der Waals surface area (Å²) >= 11 is 0. The van der Waals surface area contributed by atoms with Crippen molar-refractivity contribution in [3.05, 3.63) is 35.4 Å². The first kappa shape index (κ1) is 14.1. The van der Waals surface area contributed by atoms with Gasteiger partial charge in [-0.3, -0.25) is 9.69 Å². The van der Waals surface area contributed by atoms with Gasteiger partial charge in [-0.05, 0) is 38.8 Å². The Morgan fingerprint density at radius 2 is 1.86 bits per heavy atom. The molecule has 2 aliphatic heterocycles. The molecule has 4 nitrogen and oxygen atoms in total. The van der Waals surface area contributed by atoms with Crippen LogP contribution in [-0.4, -0.2) is 46.9 Å². The number of nitrogens with zero attached hydrogens (tertiary/aromatic N) is 3. The number of benzene rings is 1. The lowest BCUT2D eigenvalue weighted by Crippen LogP contribution is -2.57. The molecule has 2 fully saturated rings. The smallest absolute Gasteiger partial charge is 0.255 e. The molecule has 1 amide bonds. The van der Waals surface area contributed by atoms with E-state index in [1.807, 2.05) is 11.0 Å². The van der Waals surface area contributed by atoms with Gasteiger partial charge in [0.05, 0.1) is 17.2 Å². The predicted molar refractivity (Wildman–Crippen MR) is 80.8 cm³/mol. The van der Waals surface area contributed by atoms with Gasteiger partial charge in [0.1, 0.15) is 0 Å². The molecule has 0 saturated carbocycles. The van der Waals surface area contributed by atoms with Crippen LogP contribution in [0, 0.1) is 11.3 Å². The summed E-state index contributed by atoms with van der Waals surface area (Å²) in [4.78, 5) is 17.4. The molecule has 0 radical (unpaired) electrons. The fourth-order valence-electron chi connectivity index (χ4n) is 3.59. The predicted octanol–water partition coefficient (Wildman–Crippen LogP) is 2.26. The SMILES string of the molecule is CC(C)N1CC2CCC(C1)N2C(=O)c1ccccc1C#N. The lowest BCUT2D eigenvalue weighted by atomic mass is 10.0. The van der Waals surface area contributed by atoms with E-state index in [0.29, 0.717) is 29.3 Å². The average molecular weight is 283 g/mol. The Labute approximate surface area is 126 Å². The molecule has 0 N–H and O–H groups in total. The Hall–Kier alpha value is -1.86. The standard InChI is InChI=1S/C17H21N3O/c1-12(2)19-10-14-7-8-15(11-19)20(14)17(21)16-6-4-3-5-13(16)9-18/h3-6,12,14-15H,7-8,10-11H2,1-2H3. The maximum absolute atomic E-state index is 12.9. The number of fused-ring (bicyclic) bond motifs is 2. The van der Waals surface area contributed by atoms with Crippen LogP contribution in [0.1, 0.15) is 42.6 Å². The van der Waals surface area contributed by atoms with Crippen LogP contribution >= 0.6 is 0 Å². The number of nitriles is 1. The molecule has 2 saturated heterocycles. The Morgan fingerprint density at radius 1 is 1.24 bits per heavy atom. The maximum atomic E-state index is 12.9. The van der Waals surface area contributed by atoms with Crippen molar-refractivity contribution in [1.29, 1.82) is 5.26 Å². The highest BCUT2D eigenvalue weighted by Crippen LogP contribution is 2.32. The summed E-state index contributed by atoms with van der Waals surface area (Å²) in [5.74, 6) is 0.0306. The molecule has 110 valence electrons. The molecule has 1 aromatic rings. The summed E-state index contributed by atoms with van der Waals surface area (Å²) in [7, 11) is 0. The molecule has 0 aliphatic carbocycles. The average Bonchev–Trinajstić information content (AvgIpc) is 2.76. The largest absolute Gasteiger partial charge is 0.330 e. The molecular weight excluding hydrogens is 262 g/mol. The molecule has 0 spiro atoms. The fraction of sp³-hybridized carbons (Fsp3) is 0.529. The number of carbonyl (C=O) groups excluding carboxylic acids is 1. The van der Waals surface area contributed by atoms with Crippen LogP contribution in [0.2, 0.25) is 0 Å². The van der Waals surface area contributed by atoms with Gasteiger partial charge in [-0.2, -0.15) is 5.26 Å². The van der Waals surface area contributed by atoms with Gasteiger partial charge >= 0.3 is 0 Å². The van der Waals surface area contributed by atoms with Crippen molar-refractivity contribution in [2.24, 2.45) is 0 Å². The van der Waals surface area contributed by atoms with Crippen molar-refractivity contribution in [3.8, 4) is 6.07 Å². The van der Waals surface area contributed by atoms with Crippen molar-refractivity contribution >= 4 is 5.91 Å². The third kappa shape index (κ3) is 2.43. The minimum absolute atomic E-state index is 0.0306.